The average molecular weight is 283 g/mol. The van der Waals surface area contributed by atoms with E-state index < -0.39 is 5.97 Å². The highest BCUT2D eigenvalue weighted by molar-refractivity contribution is 8.01. The highest BCUT2D eigenvalue weighted by Crippen LogP contribution is 2.39. The van der Waals surface area contributed by atoms with Crippen molar-refractivity contribution < 1.29 is 14.7 Å². The van der Waals surface area contributed by atoms with Gasteiger partial charge in [0.05, 0.1) is 10.9 Å². The Balaban J connectivity index is 2.14. The summed E-state index contributed by atoms with van der Waals surface area (Å²) < 4.78 is 0. The van der Waals surface area contributed by atoms with Gasteiger partial charge in [-0.15, -0.1) is 23.5 Å². The summed E-state index contributed by atoms with van der Waals surface area (Å²) in [5.41, 5.74) is 0.814. The number of aliphatic carboxylic acids is 1. The molecule has 1 atom stereocenters. The molecular weight excluding hydrogens is 270 g/mol. The molecule has 1 aliphatic rings. The number of hydrogen-bond acceptors (Lipinski definition) is 4. The largest absolute Gasteiger partial charge is 0.481 e. The number of nitrogens with one attached hydrogen (secondary N) is 1. The zero-order valence-corrected chi connectivity index (χ0v) is 11.4. The van der Waals surface area contributed by atoms with Crippen molar-refractivity contribution in [1.29, 1.82) is 0 Å². The first-order chi connectivity index (χ1) is 8.60. The van der Waals surface area contributed by atoms with Gasteiger partial charge in [0.15, 0.2) is 0 Å². The standard InChI is InChI=1S/C12H13NO3S2/c1-17-7-2-3-8-10(6-7)18-9(12(16)13-8)4-5-11(14)15/h2-3,6,9H,4-5H2,1H3,(H,13,16)(H,14,15). The molecule has 1 unspecified atom stereocenters. The van der Waals surface area contributed by atoms with Gasteiger partial charge >= 0.3 is 5.97 Å². The monoisotopic (exact) mass is 283 g/mol. The molecule has 0 spiro atoms. The second-order valence-corrected chi connectivity index (χ2v) is 6.01. The highest BCUT2D eigenvalue weighted by Gasteiger charge is 2.27. The van der Waals surface area contributed by atoms with Crippen molar-refractivity contribution in [2.24, 2.45) is 0 Å². The third kappa shape index (κ3) is 3.00. The first-order valence-electron chi connectivity index (χ1n) is 5.47. The molecule has 1 amide bonds. The normalized spacial score (nSPS) is 18.1. The smallest absolute Gasteiger partial charge is 0.303 e. The summed E-state index contributed by atoms with van der Waals surface area (Å²) >= 11 is 3.09. The number of carboxylic acid groups (broad SMARTS) is 1. The van der Waals surface area contributed by atoms with Gasteiger partial charge in [0, 0.05) is 16.2 Å². The van der Waals surface area contributed by atoms with Crippen LogP contribution in [0.1, 0.15) is 12.8 Å². The lowest BCUT2D eigenvalue weighted by Gasteiger charge is -2.24. The Labute approximate surface area is 114 Å². The van der Waals surface area contributed by atoms with Gasteiger partial charge in [0.25, 0.3) is 0 Å². The second kappa shape index (κ2) is 5.67. The third-order valence-electron chi connectivity index (χ3n) is 2.63. The first-order valence-corrected chi connectivity index (χ1v) is 7.58. The number of carbonyl (C=O) groups excluding carboxylic acids is 1. The van der Waals surface area contributed by atoms with E-state index >= 15 is 0 Å². The van der Waals surface area contributed by atoms with Gasteiger partial charge in [-0.3, -0.25) is 9.59 Å². The lowest BCUT2D eigenvalue weighted by molar-refractivity contribution is -0.137. The Hall–Kier alpha value is -1.14. The summed E-state index contributed by atoms with van der Waals surface area (Å²) in [5.74, 6) is -0.974. The average Bonchev–Trinajstić information content (AvgIpc) is 2.35. The lowest BCUT2D eigenvalue weighted by Crippen LogP contribution is -2.29. The Morgan fingerprint density at radius 1 is 1.56 bits per heavy atom. The van der Waals surface area contributed by atoms with Crippen molar-refractivity contribution in [1.82, 2.24) is 0 Å². The van der Waals surface area contributed by atoms with Crippen LogP contribution >= 0.6 is 23.5 Å². The molecular formula is C12H13NO3S2. The van der Waals surface area contributed by atoms with Gasteiger partial charge in [-0.05, 0) is 30.9 Å². The van der Waals surface area contributed by atoms with Crippen LogP contribution in [0.5, 0.6) is 0 Å². The highest BCUT2D eigenvalue weighted by atomic mass is 32.2. The molecule has 0 fully saturated rings. The number of hydrogen-bond donors (Lipinski definition) is 2. The van der Waals surface area contributed by atoms with Crippen molar-refractivity contribution in [3.8, 4) is 0 Å². The minimum Gasteiger partial charge on any atom is -0.481 e. The topological polar surface area (TPSA) is 66.4 Å². The molecule has 0 aromatic heterocycles. The minimum atomic E-state index is -0.868. The number of fused-ring (bicyclic) bond motifs is 1. The molecule has 0 radical (unpaired) electrons. The van der Waals surface area contributed by atoms with Gasteiger partial charge in [-0.1, -0.05) is 0 Å². The Bertz CT molecular complexity index is 490. The van der Waals surface area contributed by atoms with Crippen molar-refractivity contribution in [3.05, 3.63) is 18.2 Å². The number of benzene rings is 1. The quantitative estimate of drug-likeness (QED) is 0.832. The number of rotatable bonds is 4. The fourth-order valence-electron chi connectivity index (χ4n) is 1.70. The van der Waals surface area contributed by atoms with Crippen molar-refractivity contribution in [2.75, 3.05) is 11.6 Å². The predicted molar refractivity (Wildman–Crippen MR) is 73.4 cm³/mol. The molecule has 1 aliphatic heterocycles. The third-order valence-corrected chi connectivity index (χ3v) is 4.68. The number of carboxylic acids is 1. The minimum absolute atomic E-state index is 0.0165. The summed E-state index contributed by atoms with van der Waals surface area (Å²) in [7, 11) is 0. The lowest BCUT2D eigenvalue weighted by atomic mass is 10.2. The summed E-state index contributed by atoms with van der Waals surface area (Å²) in [6.07, 6.45) is 2.37. The summed E-state index contributed by atoms with van der Waals surface area (Å²) in [6.45, 7) is 0. The van der Waals surface area contributed by atoms with E-state index in [0.29, 0.717) is 6.42 Å². The van der Waals surface area contributed by atoms with Crippen LogP contribution in [-0.2, 0) is 9.59 Å². The predicted octanol–water partition coefficient (Wildman–Crippen LogP) is 2.69. The summed E-state index contributed by atoms with van der Waals surface area (Å²) in [4.78, 5) is 24.5. The fraction of sp³-hybridized carbons (Fsp3) is 0.333. The number of carbonyl (C=O) groups is 2. The Morgan fingerprint density at radius 2 is 2.33 bits per heavy atom. The molecule has 1 aromatic carbocycles. The molecule has 1 aromatic rings. The van der Waals surface area contributed by atoms with E-state index in [0.717, 1.165) is 15.5 Å². The summed E-state index contributed by atoms with van der Waals surface area (Å²) in [6, 6.07) is 5.87. The SMILES string of the molecule is CSc1ccc2c(c1)SC(CCC(=O)O)C(=O)N2. The molecule has 0 aliphatic carbocycles. The van der Waals surface area contributed by atoms with Crippen LogP contribution in [-0.4, -0.2) is 28.5 Å². The number of anilines is 1. The van der Waals surface area contributed by atoms with Gasteiger partial charge < -0.3 is 10.4 Å². The van der Waals surface area contributed by atoms with Crippen LogP contribution < -0.4 is 5.32 Å². The maximum Gasteiger partial charge on any atom is 0.303 e. The maximum absolute atomic E-state index is 11.8. The van der Waals surface area contributed by atoms with Crippen molar-refractivity contribution in [3.63, 3.8) is 0 Å². The van der Waals surface area contributed by atoms with E-state index in [1.165, 1.54) is 11.8 Å². The van der Waals surface area contributed by atoms with E-state index in [1.54, 1.807) is 11.8 Å². The molecule has 96 valence electrons. The van der Waals surface area contributed by atoms with Gasteiger partial charge in [0.1, 0.15) is 0 Å². The Morgan fingerprint density at radius 3 is 3.00 bits per heavy atom. The Kier molecular flexibility index (Phi) is 4.19. The summed E-state index contributed by atoms with van der Waals surface area (Å²) in [5, 5.41) is 11.2. The first kappa shape index (κ1) is 13.3. The molecule has 6 heteroatoms. The van der Waals surface area contributed by atoms with E-state index in [1.807, 2.05) is 24.5 Å². The molecule has 2 rings (SSSR count). The number of amides is 1. The van der Waals surface area contributed by atoms with Crippen LogP contribution in [0.4, 0.5) is 5.69 Å². The second-order valence-electron chi connectivity index (χ2n) is 3.89. The van der Waals surface area contributed by atoms with E-state index in [2.05, 4.69) is 5.32 Å². The van der Waals surface area contributed by atoms with Crippen LogP contribution in [0.2, 0.25) is 0 Å². The fourth-order valence-corrected chi connectivity index (χ4v) is 3.36. The van der Waals surface area contributed by atoms with Crippen LogP contribution in [0.3, 0.4) is 0 Å². The molecule has 1 heterocycles. The number of thioether (sulfide) groups is 2. The zero-order chi connectivity index (χ0) is 13.1. The van der Waals surface area contributed by atoms with Crippen LogP contribution in [0.25, 0.3) is 0 Å². The van der Waals surface area contributed by atoms with Gasteiger partial charge in [0.2, 0.25) is 5.91 Å². The van der Waals surface area contributed by atoms with E-state index in [-0.39, 0.29) is 17.6 Å². The van der Waals surface area contributed by atoms with Crippen molar-refractivity contribution in [2.45, 2.75) is 27.9 Å². The molecule has 0 bridgehead atoms. The molecule has 2 N–H and O–H groups in total. The van der Waals surface area contributed by atoms with E-state index in [9.17, 15) is 9.59 Å². The maximum atomic E-state index is 11.8. The van der Waals surface area contributed by atoms with Crippen molar-refractivity contribution >= 4 is 41.1 Å². The van der Waals surface area contributed by atoms with Crippen LogP contribution in [0.15, 0.2) is 28.0 Å². The molecule has 0 saturated heterocycles. The molecule has 4 nitrogen and oxygen atoms in total. The molecule has 0 saturated carbocycles. The van der Waals surface area contributed by atoms with Crippen LogP contribution in [0, 0.1) is 0 Å². The van der Waals surface area contributed by atoms with Gasteiger partial charge in [-0.2, -0.15) is 0 Å². The van der Waals surface area contributed by atoms with Gasteiger partial charge in [-0.25, -0.2) is 0 Å². The molecule has 18 heavy (non-hydrogen) atoms. The van der Waals surface area contributed by atoms with E-state index in [4.69, 9.17) is 5.11 Å². The zero-order valence-electron chi connectivity index (χ0n) is 9.80.